The van der Waals surface area contributed by atoms with E-state index in [9.17, 15) is 9.59 Å². The Bertz CT molecular complexity index is 767. The van der Waals surface area contributed by atoms with Crippen LogP contribution in [0.2, 0.25) is 0 Å². The number of benzene rings is 1. The number of carbonyl (C=O) groups excluding carboxylic acids is 2. The third kappa shape index (κ3) is 3.31. The molecular formula is C18H22N6O2. The highest BCUT2D eigenvalue weighted by Crippen LogP contribution is 2.30. The van der Waals surface area contributed by atoms with Crippen LogP contribution in [-0.4, -0.2) is 49.9 Å². The van der Waals surface area contributed by atoms with Crippen LogP contribution in [0.3, 0.4) is 0 Å². The lowest BCUT2D eigenvalue weighted by molar-refractivity contribution is -0.140. The zero-order valence-electron chi connectivity index (χ0n) is 14.5. The molecule has 2 amide bonds. The Morgan fingerprint density at radius 2 is 1.85 bits per heavy atom. The number of H-pyrrole nitrogens is 1. The highest BCUT2D eigenvalue weighted by molar-refractivity contribution is 5.98. The summed E-state index contributed by atoms with van der Waals surface area (Å²) in [5.41, 5.74) is 1.51. The van der Waals surface area contributed by atoms with Gasteiger partial charge in [-0.2, -0.15) is 5.21 Å². The summed E-state index contributed by atoms with van der Waals surface area (Å²) in [4.78, 5) is 27.2. The lowest BCUT2D eigenvalue weighted by Gasteiger charge is -2.26. The van der Waals surface area contributed by atoms with Crippen LogP contribution in [-0.2, 0) is 9.59 Å². The normalized spacial score (nSPS) is 20.5. The number of hydrogen-bond acceptors (Lipinski definition) is 5. The molecule has 0 spiro atoms. The maximum atomic E-state index is 12.7. The Morgan fingerprint density at radius 3 is 2.54 bits per heavy atom. The molecule has 1 aliphatic carbocycles. The first-order chi connectivity index (χ1) is 12.7. The lowest BCUT2D eigenvalue weighted by Crippen LogP contribution is -2.45. The summed E-state index contributed by atoms with van der Waals surface area (Å²) in [5.74, 6) is 0.665. The highest BCUT2D eigenvalue weighted by Gasteiger charge is 2.37. The number of carbonyl (C=O) groups is 2. The Morgan fingerprint density at radius 1 is 1.08 bits per heavy atom. The summed E-state index contributed by atoms with van der Waals surface area (Å²) in [6, 6.07) is 6.91. The van der Waals surface area contributed by atoms with Crippen molar-refractivity contribution in [3.05, 3.63) is 24.3 Å². The van der Waals surface area contributed by atoms with Crippen molar-refractivity contribution < 1.29 is 9.59 Å². The van der Waals surface area contributed by atoms with Crippen LogP contribution in [0.15, 0.2) is 24.3 Å². The monoisotopic (exact) mass is 354 g/mol. The van der Waals surface area contributed by atoms with Crippen molar-refractivity contribution in [2.24, 2.45) is 5.92 Å². The standard InChI is InChI=1S/C18H22N6O2/c25-17(15-6-3-11-24(15)18(26)13-4-1-2-5-13)19-14-9-7-12(8-10-14)16-20-22-23-21-16/h7-10,13,15H,1-6,11H2,(H,19,25)(H,20,21,22,23). The van der Waals surface area contributed by atoms with E-state index in [-0.39, 0.29) is 23.8 Å². The highest BCUT2D eigenvalue weighted by atomic mass is 16.2. The fourth-order valence-corrected chi connectivity index (χ4v) is 3.92. The molecule has 2 N–H and O–H groups in total. The number of aromatic amines is 1. The van der Waals surface area contributed by atoms with E-state index in [0.717, 1.165) is 44.1 Å². The minimum atomic E-state index is -0.361. The fraction of sp³-hybridized carbons (Fsp3) is 0.500. The Labute approximate surface area is 151 Å². The minimum absolute atomic E-state index is 0.109. The second-order valence-corrected chi connectivity index (χ2v) is 6.97. The van der Waals surface area contributed by atoms with Gasteiger partial charge in [-0.25, -0.2) is 0 Å². The van der Waals surface area contributed by atoms with Gasteiger partial charge in [0.2, 0.25) is 17.6 Å². The van der Waals surface area contributed by atoms with Crippen molar-refractivity contribution >= 4 is 17.5 Å². The molecule has 8 heteroatoms. The molecule has 2 heterocycles. The first-order valence-electron chi connectivity index (χ1n) is 9.17. The van der Waals surface area contributed by atoms with Crippen LogP contribution in [0, 0.1) is 5.92 Å². The maximum Gasteiger partial charge on any atom is 0.247 e. The number of hydrogen-bond donors (Lipinski definition) is 2. The summed E-state index contributed by atoms with van der Waals surface area (Å²) < 4.78 is 0. The molecule has 2 aromatic rings. The fourth-order valence-electron chi connectivity index (χ4n) is 3.92. The third-order valence-corrected chi connectivity index (χ3v) is 5.30. The van der Waals surface area contributed by atoms with Gasteiger partial charge in [-0.1, -0.05) is 12.8 Å². The van der Waals surface area contributed by atoms with Gasteiger partial charge in [-0.05, 0) is 55.2 Å². The van der Waals surface area contributed by atoms with E-state index in [1.54, 1.807) is 4.90 Å². The molecule has 1 aromatic heterocycles. The number of anilines is 1. The van der Waals surface area contributed by atoms with Crippen LogP contribution in [0.25, 0.3) is 11.4 Å². The predicted octanol–water partition coefficient (Wildman–Crippen LogP) is 1.99. The number of amides is 2. The van der Waals surface area contributed by atoms with Gasteiger partial charge < -0.3 is 10.2 Å². The second kappa shape index (κ2) is 7.23. The Kier molecular flexibility index (Phi) is 4.64. The number of likely N-dealkylation sites (tertiary alicyclic amines) is 1. The summed E-state index contributed by atoms with van der Waals surface area (Å²) >= 11 is 0. The second-order valence-electron chi connectivity index (χ2n) is 6.97. The molecule has 2 fully saturated rings. The largest absolute Gasteiger partial charge is 0.330 e. The van der Waals surface area contributed by atoms with Crippen molar-refractivity contribution in [2.45, 2.75) is 44.6 Å². The van der Waals surface area contributed by atoms with E-state index < -0.39 is 0 Å². The molecule has 0 radical (unpaired) electrons. The van der Waals surface area contributed by atoms with Gasteiger partial charge in [-0.3, -0.25) is 9.59 Å². The molecule has 26 heavy (non-hydrogen) atoms. The maximum absolute atomic E-state index is 12.7. The third-order valence-electron chi connectivity index (χ3n) is 5.30. The zero-order chi connectivity index (χ0) is 17.9. The van der Waals surface area contributed by atoms with Crippen molar-refractivity contribution in [2.75, 3.05) is 11.9 Å². The molecule has 1 aromatic carbocycles. The quantitative estimate of drug-likeness (QED) is 0.874. The molecule has 1 saturated carbocycles. The van der Waals surface area contributed by atoms with Crippen LogP contribution >= 0.6 is 0 Å². The molecule has 1 saturated heterocycles. The van der Waals surface area contributed by atoms with Crippen molar-refractivity contribution in [3.8, 4) is 11.4 Å². The molecule has 1 unspecified atom stereocenters. The van der Waals surface area contributed by atoms with E-state index in [2.05, 4.69) is 25.9 Å². The smallest absolute Gasteiger partial charge is 0.247 e. The molecule has 136 valence electrons. The Hall–Kier alpha value is -2.77. The summed E-state index contributed by atoms with van der Waals surface area (Å²) in [5, 5.41) is 16.7. The van der Waals surface area contributed by atoms with E-state index in [1.807, 2.05) is 24.3 Å². The molecule has 2 aliphatic rings. The number of nitrogens with one attached hydrogen (secondary N) is 2. The van der Waals surface area contributed by atoms with Gasteiger partial charge in [0, 0.05) is 23.7 Å². The summed E-state index contributed by atoms with van der Waals surface area (Å²) in [6.45, 7) is 0.685. The van der Waals surface area contributed by atoms with Gasteiger partial charge in [0.05, 0.1) is 0 Å². The average molecular weight is 354 g/mol. The van der Waals surface area contributed by atoms with Gasteiger partial charge in [-0.15, -0.1) is 10.2 Å². The molecule has 8 nitrogen and oxygen atoms in total. The van der Waals surface area contributed by atoms with Gasteiger partial charge in [0.25, 0.3) is 0 Å². The van der Waals surface area contributed by atoms with Crippen LogP contribution < -0.4 is 5.32 Å². The van der Waals surface area contributed by atoms with E-state index in [1.165, 1.54) is 0 Å². The average Bonchev–Trinajstić information content (AvgIpc) is 3.44. The van der Waals surface area contributed by atoms with Gasteiger partial charge >= 0.3 is 0 Å². The minimum Gasteiger partial charge on any atom is -0.330 e. The molecule has 0 bridgehead atoms. The lowest BCUT2D eigenvalue weighted by atomic mass is 10.1. The van der Waals surface area contributed by atoms with E-state index in [0.29, 0.717) is 18.1 Å². The van der Waals surface area contributed by atoms with Gasteiger partial charge in [0.15, 0.2) is 0 Å². The van der Waals surface area contributed by atoms with Crippen LogP contribution in [0.4, 0.5) is 5.69 Å². The van der Waals surface area contributed by atoms with Gasteiger partial charge in [0.1, 0.15) is 6.04 Å². The van der Waals surface area contributed by atoms with Crippen LogP contribution in [0.5, 0.6) is 0 Å². The van der Waals surface area contributed by atoms with Crippen molar-refractivity contribution in [1.29, 1.82) is 0 Å². The topological polar surface area (TPSA) is 104 Å². The molecule has 1 atom stereocenters. The first-order valence-corrected chi connectivity index (χ1v) is 9.17. The Balaban J connectivity index is 1.41. The van der Waals surface area contributed by atoms with Crippen molar-refractivity contribution in [3.63, 3.8) is 0 Å². The summed E-state index contributed by atoms with van der Waals surface area (Å²) in [6.07, 6.45) is 5.77. The van der Waals surface area contributed by atoms with E-state index >= 15 is 0 Å². The number of aromatic nitrogens is 4. The zero-order valence-corrected chi connectivity index (χ0v) is 14.5. The molecular weight excluding hydrogens is 332 g/mol. The SMILES string of the molecule is O=C(Nc1ccc(-c2nn[nH]n2)cc1)C1CCCN1C(=O)C1CCCC1. The number of tetrazole rings is 1. The van der Waals surface area contributed by atoms with Crippen molar-refractivity contribution in [1.82, 2.24) is 25.5 Å². The molecule has 4 rings (SSSR count). The molecule has 1 aliphatic heterocycles. The van der Waals surface area contributed by atoms with E-state index in [4.69, 9.17) is 0 Å². The summed E-state index contributed by atoms with van der Waals surface area (Å²) in [7, 11) is 0. The number of nitrogens with zero attached hydrogens (tertiary/aromatic N) is 4. The first kappa shape index (κ1) is 16.7. The number of rotatable bonds is 4. The van der Waals surface area contributed by atoms with Crippen LogP contribution in [0.1, 0.15) is 38.5 Å². The predicted molar refractivity (Wildman–Crippen MR) is 94.9 cm³/mol.